The van der Waals surface area contributed by atoms with Crippen LogP contribution in [0.4, 0.5) is 0 Å². The van der Waals surface area contributed by atoms with Crippen molar-refractivity contribution in [2.45, 2.75) is 32.2 Å². The highest BCUT2D eigenvalue weighted by atomic mass is 32.1. The second-order valence-corrected chi connectivity index (χ2v) is 6.18. The maximum absolute atomic E-state index is 5.95. The number of likely N-dealkylation sites (tertiary alicyclic amines) is 1. The molecule has 2 atom stereocenters. The zero-order valence-corrected chi connectivity index (χ0v) is 11.1. The second-order valence-electron chi connectivity index (χ2n) is 4.87. The van der Waals surface area contributed by atoms with Crippen molar-refractivity contribution >= 4 is 11.3 Å². The van der Waals surface area contributed by atoms with Crippen LogP contribution in [0.1, 0.15) is 35.1 Å². The number of aryl methyl sites for hydroxylation is 1. The van der Waals surface area contributed by atoms with Gasteiger partial charge < -0.3 is 5.73 Å². The Bertz CT molecular complexity index is 334. The van der Waals surface area contributed by atoms with E-state index in [9.17, 15) is 0 Å². The fourth-order valence-corrected chi connectivity index (χ4v) is 3.87. The molecule has 0 spiro atoms. The molecule has 0 radical (unpaired) electrons. The van der Waals surface area contributed by atoms with E-state index in [1.165, 1.54) is 35.6 Å². The first-order valence-corrected chi connectivity index (χ1v) is 7.00. The van der Waals surface area contributed by atoms with E-state index in [1.807, 2.05) is 11.3 Å². The average Bonchev–Trinajstić information content (AvgIpc) is 2.59. The maximum atomic E-state index is 5.95. The standard InChI is InChI=1S/C13H22N2S/c1-10-6-7-12(16-10)13-11(9-14)5-3-4-8-15(13)2/h6-7,11,13H,3-5,8-9,14H2,1-2H3. The topological polar surface area (TPSA) is 29.3 Å². The van der Waals surface area contributed by atoms with Crippen molar-refractivity contribution in [2.75, 3.05) is 20.1 Å². The minimum atomic E-state index is 0.547. The van der Waals surface area contributed by atoms with Gasteiger partial charge in [-0.3, -0.25) is 4.90 Å². The average molecular weight is 238 g/mol. The zero-order valence-electron chi connectivity index (χ0n) is 10.3. The van der Waals surface area contributed by atoms with E-state index < -0.39 is 0 Å². The van der Waals surface area contributed by atoms with Gasteiger partial charge in [-0.15, -0.1) is 11.3 Å². The Hall–Kier alpha value is -0.380. The van der Waals surface area contributed by atoms with Crippen LogP contribution >= 0.6 is 11.3 Å². The maximum Gasteiger partial charge on any atom is 0.0478 e. The Balaban J connectivity index is 2.25. The van der Waals surface area contributed by atoms with Crippen LogP contribution in [0.2, 0.25) is 0 Å². The SMILES string of the molecule is Cc1ccc(C2C(CN)CCCCN2C)s1. The molecule has 0 bridgehead atoms. The molecule has 90 valence electrons. The molecule has 2 heterocycles. The van der Waals surface area contributed by atoms with Crippen molar-refractivity contribution in [3.05, 3.63) is 21.9 Å². The van der Waals surface area contributed by atoms with Crippen LogP contribution in [0, 0.1) is 12.8 Å². The Morgan fingerprint density at radius 3 is 2.88 bits per heavy atom. The summed E-state index contributed by atoms with van der Waals surface area (Å²) in [7, 11) is 2.24. The molecule has 1 aromatic heterocycles. The third-order valence-corrected chi connectivity index (χ3v) is 4.68. The van der Waals surface area contributed by atoms with Gasteiger partial charge in [0.15, 0.2) is 0 Å². The first-order valence-electron chi connectivity index (χ1n) is 6.19. The van der Waals surface area contributed by atoms with E-state index in [0.29, 0.717) is 12.0 Å². The lowest BCUT2D eigenvalue weighted by Crippen LogP contribution is -2.32. The quantitative estimate of drug-likeness (QED) is 0.858. The van der Waals surface area contributed by atoms with Gasteiger partial charge in [0, 0.05) is 15.8 Å². The van der Waals surface area contributed by atoms with E-state index >= 15 is 0 Å². The first-order chi connectivity index (χ1) is 7.72. The molecule has 0 aliphatic carbocycles. The highest BCUT2D eigenvalue weighted by Crippen LogP contribution is 2.36. The zero-order chi connectivity index (χ0) is 11.5. The summed E-state index contributed by atoms with van der Waals surface area (Å²) in [5, 5.41) is 0. The third kappa shape index (κ3) is 2.47. The molecule has 1 aliphatic heterocycles. The van der Waals surface area contributed by atoms with Gasteiger partial charge in [-0.1, -0.05) is 6.42 Å². The summed E-state index contributed by atoms with van der Waals surface area (Å²) in [6.07, 6.45) is 3.92. The Labute approximate surface area is 102 Å². The third-order valence-electron chi connectivity index (χ3n) is 3.61. The smallest absolute Gasteiger partial charge is 0.0478 e. The molecule has 1 aromatic rings. The van der Waals surface area contributed by atoms with E-state index in [-0.39, 0.29) is 0 Å². The van der Waals surface area contributed by atoms with Crippen molar-refractivity contribution in [2.24, 2.45) is 11.7 Å². The van der Waals surface area contributed by atoms with Crippen LogP contribution in [0.25, 0.3) is 0 Å². The van der Waals surface area contributed by atoms with Crippen LogP contribution < -0.4 is 5.73 Å². The first kappa shape index (κ1) is 12.1. The van der Waals surface area contributed by atoms with Gasteiger partial charge in [0.2, 0.25) is 0 Å². The summed E-state index contributed by atoms with van der Waals surface area (Å²) in [6, 6.07) is 5.06. The van der Waals surface area contributed by atoms with Gasteiger partial charge in [-0.05, 0) is 58.0 Å². The van der Waals surface area contributed by atoms with E-state index in [4.69, 9.17) is 5.73 Å². The summed E-state index contributed by atoms with van der Waals surface area (Å²) >= 11 is 1.93. The lowest BCUT2D eigenvalue weighted by atomic mass is 9.94. The molecule has 1 saturated heterocycles. The van der Waals surface area contributed by atoms with Gasteiger partial charge in [0.1, 0.15) is 0 Å². The van der Waals surface area contributed by atoms with Crippen molar-refractivity contribution in [1.82, 2.24) is 4.90 Å². The minimum absolute atomic E-state index is 0.547. The van der Waals surface area contributed by atoms with Gasteiger partial charge in [-0.2, -0.15) is 0 Å². The fraction of sp³-hybridized carbons (Fsp3) is 0.692. The molecular formula is C13H22N2S. The Morgan fingerprint density at radius 2 is 2.25 bits per heavy atom. The van der Waals surface area contributed by atoms with E-state index in [0.717, 1.165) is 6.54 Å². The number of rotatable bonds is 2. The molecular weight excluding hydrogens is 216 g/mol. The highest BCUT2D eigenvalue weighted by Gasteiger charge is 2.28. The second kappa shape index (κ2) is 5.30. The molecule has 16 heavy (non-hydrogen) atoms. The number of hydrogen-bond acceptors (Lipinski definition) is 3. The Morgan fingerprint density at radius 1 is 1.44 bits per heavy atom. The van der Waals surface area contributed by atoms with Crippen LogP contribution in [0.3, 0.4) is 0 Å². The normalized spacial score (nSPS) is 27.9. The molecule has 1 aliphatic rings. The predicted molar refractivity (Wildman–Crippen MR) is 70.8 cm³/mol. The van der Waals surface area contributed by atoms with Crippen LogP contribution in [-0.2, 0) is 0 Å². The predicted octanol–water partition coefficient (Wildman–Crippen LogP) is 2.79. The van der Waals surface area contributed by atoms with Crippen molar-refractivity contribution in [1.29, 1.82) is 0 Å². The minimum Gasteiger partial charge on any atom is -0.330 e. The largest absolute Gasteiger partial charge is 0.330 e. The number of nitrogens with zero attached hydrogens (tertiary/aromatic N) is 1. The van der Waals surface area contributed by atoms with Crippen molar-refractivity contribution in [3.8, 4) is 0 Å². The van der Waals surface area contributed by atoms with Crippen LogP contribution in [0.15, 0.2) is 12.1 Å². The molecule has 3 heteroatoms. The van der Waals surface area contributed by atoms with Crippen molar-refractivity contribution in [3.63, 3.8) is 0 Å². The Kier molecular flexibility index (Phi) is 4.00. The molecule has 2 nitrogen and oxygen atoms in total. The number of thiophene rings is 1. The molecule has 0 aromatic carbocycles. The number of nitrogens with two attached hydrogens (primary N) is 1. The summed E-state index contributed by atoms with van der Waals surface area (Å²) < 4.78 is 0. The monoisotopic (exact) mass is 238 g/mol. The molecule has 2 unspecified atom stereocenters. The number of hydrogen-bond donors (Lipinski definition) is 1. The molecule has 0 saturated carbocycles. The molecule has 0 amide bonds. The summed E-state index contributed by atoms with van der Waals surface area (Å²) in [6.45, 7) is 4.20. The van der Waals surface area contributed by atoms with Crippen LogP contribution in [-0.4, -0.2) is 25.0 Å². The van der Waals surface area contributed by atoms with Gasteiger partial charge in [0.25, 0.3) is 0 Å². The molecule has 2 N–H and O–H groups in total. The van der Waals surface area contributed by atoms with E-state index in [1.54, 1.807) is 0 Å². The molecule has 1 fully saturated rings. The van der Waals surface area contributed by atoms with Gasteiger partial charge in [-0.25, -0.2) is 0 Å². The van der Waals surface area contributed by atoms with Crippen LogP contribution in [0.5, 0.6) is 0 Å². The highest BCUT2D eigenvalue weighted by molar-refractivity contribution is 7.12. The fourth-order valence-electron chi connectivity index (χ4n) is 2.73. The lowest BCUT2D eigenvalue weighted by Gasteiger charge is -2.30. The van der Waals surface area contributed by atoms with E-state index in [2.05, 4.69) is 31.0 Å². The summed E-state index contributed by atoms with van der Waals surface area (Å²) in [5.74, 6) is 0.630. The van der Waals surface area contributed by atoms with Crippen molar-refractivity contribution < 1.29 is 0 Å². The summed E-state index contributed by atoms with van der Waals surface area (Å²) in [5.41, 5.74) is 5.95. The van der Waals surface area contributed by atoms with Gasteiger partial charge >= 0.3 is 0 Å². The summed E-state index contributed by atoms with van der Waals surface area (Å²) in [4.78, 5) is 5.40. The molecule has 2 rings (SSSR count). The van der Waals surface area contributed by atoms with Gasteiger partial charge in [0.05, 0.1) is 0 Å². The lowest BCUT2D eigenvalue weighted by molar-refractivity contribution is 0.199.